The van der Waals surface area contributed by atoms with Crippen LogP contribution >= 0.6 is 0 Å². The van der Waals surface area contributed by atoms with Gasteiger partial charge in [0.05, 0.1) is 11.1 Å². The van der Waals surface area contributed by atoms with Gasteiger partial charge in [0.2, 0.25) is 5.91 Å². The molecule has 0 fully saturated rings. The van der Waals surface area contributed by atoms with Crippen LogP contribution in [0.2, 0.25) is 0 Å². The summed E-state index contributed by atoms with van der Waals surface area (Å²) in [5, 5.41) is 12.0. The Hall–Kier alpha value is -3.77. The summed E-state index contributed by atoms with van der Waals surface area (Å²) in [7, 11) is 0. The molecule has 6 nitrogen and oxygen atoms in total. The van der Waals surface area contributed by atoms with Crippen molar-refractivity contribution in [1.29, 1.82) is 0 Å². The lowest BCUT2D eigenvalue weighted by molar-refractivity contribution is -0.129. The summed E-state index contributed by atoms with van der Waals surface area (Å²) in [6.07, 6.45) is 4.91. The van der Waals surface area contributed by atoms with Gasteiger partial charge < -0.3 is 4.90 Å². The number of pyridine rings is 1. The molecule has 0 saturated heterocycles. The molecule has 2 amide bonds. The van der Waals surface area contributed by atoms with Crippen LogP contribution in [0.15, 0.2) is 79.0 Å². The predicted molar refractivity (Wildman–Crippen MR) is 134 cm³/mol. The highest BCUT2D eigenvalue weighted by molar-refractivity contribution is 5.97. The van der Waals surface area contributed by atoms with E-state index in [0.29, 0.717) is 25.1 Å². The molecular weight excluding hydrogens is 426 g/mol. The Labute approximate surface area is 199 Å². The number of nitrogens with zero attached hydrogens (tertiary/aromatic N) is 2. The van der Waals surface area contributed by atoms with Crippen molar-refractivity contribution in [2.24, 2.45) is 0 Å². The molecule has 0 atom stereocenters. The van der Waals surface area contributed by atoms with Crippen molar-refractivity contribution in [2.75, 3.05) is 13.1 Å². The molecule has 0 aliphatic heterocycles. The van der Waals surface area contributed by atoms with Gasteiger partial charge in [-0.3, -0.25) is 19.8 Å². The van der Waals surface area contributed by atoms with E-state index in [9.17, 15) is 9.59 Å². The highest BCUT2D eigenvalue weighted by atomic mass is 16.5. The number of carbonyl (C=O) groups is 2. The molecule has 0 radical (unpaired) electrons. The topological polar surface area (TPSA) is 82.5 Å². The van der Waals surface area contributed by atoms with Crippen LogP contribution in [-0.2, 0) is 11.2 Å². The molecule has 0 aliphatic rings. The van der Waals surface area contributed by atoms with Crippen molar-refractivity contribution in [3.05, 3.63) is 90.1 Å². The van der Waals surface area contributed by atoms with Crippen LogP contribution in [0.5, 0.6) is 0 Å². The zero-order valence-corrected chi connectivity index (χ0v) is 19.1. The number of rotatable bonds is 10. The summed E-state index contributed by atoms with van der Waals surface area (Å²) in [5.74, 6) is -0.419. The molecular formula is C28H29N3O3. The number of hydrogen-bond donors (Lipinski definition) is 2. The number of aromatic nitrogens is 1. The van der Waals surface area contributed by atoms with E-state index in [4.69, 9.17) is 5.21 Å². The molecule has 1 aromatic heterocycles. The van der Waals surface area contributed by atoms with Gasteiger partial charge in [0.25, 0.3) is 5.91 Å². The first-order valence-electron chi connectivity index (χ1n) is 11.7. The number of hydroxylamine groups is 1. The molecule has 1 heterocycles. The summed E-state index contributed by atoms with van der Waals surface area (Å²) < 4.78 is 0. The van der Waals surface area contributed by atoms with Crippen LogP contribution in [0.3, 0.4) is 0 Å². The second-order valence-corrected chi connectivity index (χ2v) is 8.44. The number of hydrogen-bond acceptors (Lipinski definition) is 4. The summed E-state index contributed by atoms with van der Waals surface area (Å²) in [6.45, 7) is 1.19. The largest absolute Gasteiger partial charge is 0.338 e. The first-order chi connectivity index (χ1) is 16.7. The molecule has 34 heavy (non-hydrogen) atoms. The van der Waals surface area contributed by atoms with Gasteiger partial charge in [0, 0.05) is 31.1 Å². The van der Waals surface area contributed by atoms with Gasteiger partial charge >= 0.3 is 0 Å². The van der Waals surface area contributed by atoms with Crippen molar-refractivity contribution in [3.63, 3.8) is 0 Å². The average Bonchev–Trinajstić information content (AvgIpc) is 2.89. The fourth-order valence-electron chi connectivity index (χ4n) is 4.27. The lowest BCUT2D eigenvalue weighted by atomic mass is 10.0. The second kappa shape index (κ2) is 11.4. The number of unbranched alkanes of at least 4 members (excludes halogenated alkanes) is 2. The Kier molecular flexibility index (Phi) is 7.83. The van der Waals surface area contributed by atoms with Gasteiger partial charge in [-0.05, 0) is 47.7 Å². The van der Waals surface area contributed by atoms with E-state index >= 15 is 0 Å². The fraction of sp³-hybridized carbons (Fsp3) is 0.250. The van der Waals surface area contributed by atoms with E-state index in [1.807, 2.05) is 47.4 Å². The SMILES string of the molecule is O=C(CCCCCN(CCc1cccc2ccccc12)C(=O)c1cnc2ccccc2c1)NO. The third-order valence-corrected chi connectivity index (χ3v) is 6.11. The van der Waals surface area contributed by atoms with Crippen molar-refractivity contribution >= 4 is 33.5 Å². The smallest absolute Gasteiger partial charge is 0.255 e. The third kappa shape index (κ3) is 5.77. The van der Waals surface area contributed by atoms with Gasteiger partial charge in [-0.1, -0.05) is 67.1 Å². The summed E-state index contributed by atoms with van der Waals surface area (Å²) in [4.78, 5) is 31.1. The zero-order chi connectivity index (χ0) is 23.8. The van der Waals surface area contributed by atoms with Gasteiger partial charge in [-0.2, -0.15) is 0 Å². The summed E-state index contributed by atoms with van der Waals surface area (Å²) in [5.41, 5.74) is 4.32. The molecule has 4 rings (SSSR count). The lowest BCUT2D eigenvalue weighted by Gasteiger charge is -2.23. The molecule has 0 spiro atoms. The zero-order valence-electron chi connectivity index (χ0n) is 19.1. The highest BCUT2D eigenvalue weighted by Crippen LogP contribution is 2.20. The predicted octanol–water partition coefficient (Wildman–Crippen LogP) is 5.14. The maximum absolute atomic E-state index is 13.5. The molecule has 2 N–H and O–H groups in total. The van der Waals surface area contributed by atoms with E-state index < -0.39 is 0 Å². The first-order valence-corrected chi connectivity index (χ1v) is 11.7. The van der Waals surface area contributed by atoms with Crippen LogP contribution in [0.4, 0.5) is 0 Å². The Morgan fingerprint density at radius 2 is 1.62 bits per heavy atom. The first kappa shape index (κ1) is 23.4. The Balaban J connectivity index is 1.49. The van der Waals surface area contributed by atoms with E-state index in [0.717, 1.165) is 30.2 Å². The van der Waals surface area contributed by atoms with Crippen LogP contribution in [0.25, 0.3) is 21.7 Å². The van der Waals surface area contributed by atoms with E-state index in [2.05, 4.69) is 35.3 Å². The standard InChI is InChI=1S/C28H29N3O3/c32-27(30-34)15-2-1-7-17-31(18-16-22-12-8-11-21-9-3-5-13-25(21)22)28(33)24-19-23-10-4-6-14-26(23)29-20-24/h3-6,8-14,19-20,34H,1-2,7,15-18H2,(H,30,32). The molecule has 0 aliphatic carbocycles. The minimum absolute atomic E-state index is 0.0356. The number of carbonyl (C=O) groups excluding carboxylic acids is 2. The Morgan fingerprint density at radius 1 is 0.853 bits per heavy atom. The molecule has 174 valence electrons. The third-order valence-electron chi connectivity index (χ3n) is 6.11. The molecule has 3 aromatic carbocycles. The number of fused-ring (bicyclic) bond motifs is 2. The highest BCUT2D eigenvalue weighted by Gasteiger charge is 2.17. The minimum atomic E-state index is -0.383. The number of benzene rings is 3. The summed E-state index contributed by atoms with van der Waals surface area (Å²) in [6, 6.07) is 24.3. The lowest BCUT2D eigenvalue weighted by Crippen LogP contribution is -2.34. The van der Waals surface area contributed by atoms with E-state index in [1.54, 1.807) is 11.7 Å². The second-order valence-electron chi connectivity index (χ2n) is 8.44. The monoisotopic (exact) mass is 455 g/mol. The maximum atomic E-state index is 13.5. The van der Waals surface area contributed by atoms with Crippen molar-refractivity contribution in [1.82, 2.24) is 15.4 Å². The van der Waals surface area contributed by atoms with Gasteiger partial charge in [0.15, 0.2) is 0 Å². The van der Waals surface area contributed by atoms with Crippen LogP contribution in [0.1, 0.15) is 41.6 Å². The molecule has 0 bridgehead atoms. The molecule has 0 saturated carbocycles. The number of para-hydroxylation sites is 1. The fourth-order valence-corrected chi connectivity index (χ4v) is 4.27. The van der Waals surface area contributed by atoms with Crippen molar-refractivity contribution in [3.8, 4) is 0 Å². The number of nitrogens with one attached hydrogen (secondary N) is 1. The van der Waals surface area contributed by atoms with Gasteiger partial charge in [-0.25, -0.2) is 5.48 Å². The van der Waals surface area contributed by atoms with Crippen LogP contribution in [0, 0.1) is 0 Å². The van der Waals surface area contributed by atoms with Crippen molar-refractivity contribution < 1.29 is 14.8 Å². The number of amides is 2. The van der Waals surface area contributed by atoms with Crippen molar-refractivity contribution in [2.45, 2.75) is 32.1 Å². The average molecular weight is 456 g/mol. The molecule has 4 aromatic rings. The molecule has 6 heteroatoms. The maximum Gasteiger partial charge on any atom is 0.255 e. The quantitative estimate of drug-likeness (QED) is 0.197. The molecule has 0 unspecified atom stereocenters. The van der Waals surface area contributed by atoms with Crippen LogP contribution < -0.4 is 5.48 Å². The van der Waals surface area contributed by atoms with E-state index in [1.165, 1.54) is 16.3 Å². The van der Waals surface area contributed by atoms with Gasteiger partial charge in [0.1, 0.15) is 0 Å². The minimum Gasteiger partial charge on any atom is -0.338 e. The van der Waals surface area contributed by atoms with Gasteiger partial charge in [-0.15, -0.1) is 0 Å². The summed E-state index contributed by atoms with van der Waals surface area (Å²) >= 11 is 0. The normalized spacial score (nSPS) is 11.0. The Bertz CT molecular complexity index is 1280. The van der Waals surface area contributed by atoms with E-state index in [-0.39, 0.29) is 18.2 Å². The Morgan fingerprint density at radius 3 is 2.47 bits per heavy atom. The van der Waals surface area contributed by atoms with Crippen LogP contribution in [-0.4, -0.2) is 40.0 Å².